The number of rotatable bonds is 6. The van der Waals surface area contributed by atoms with Gasteiger partial charge in [0.15, 0.2) is 0 Å². The van der Waals surface area contributed by atoms with E-state index in [0.717, 1.165) is 30.4 Å². The third-order valence-electron chi connectivity index (χ3n) is 4.16. The highest BCUT2D eigenvalue weighted by molar-refractivity contribution is 5.97. The number of aryl methyl sites for hydroxylation is 2. The van der Waals surface area contributed by atoms with E-state index in [1.54, 1.807) is 6.07 Å². The van der Waals surface area contributed by atoms with Crippen LogP contribution in [0.15, 0.2) is 48.5 Å². The Morgan fingerprint density at radius 3 is 2.75 bits per heavy atom. The quantitative estimate of drug-likeness (QED) is 0.758. The van der Waals surface area contributed by atoms with Crippen LogP contribution in [-0.2, 0) is 13.0 Å². The summed E-state index contributed by atoms with van der Waals surface area (Å²) in [4.78, 5) is 12.4. The number of aromatic nitrogens is 3. The molecule has 0 fully saturated rings. The first-order chi connectivity index (χ1) is 11.7. The fourth-order valence-electron chi connectivity index (χ4n) is 2.75. The zero-order valence-corrected chi connectivity index (χ0v) is 14.1. The molecule has 1 heterocycles. The van der Waals surface area contributed by atoms with E-state index in [1.165, 1.54) is 5.56 Å². The molecule has 24 heavy (non-hydrogen) atoms. The van der Waals surface area contributed by atoms with Crippen molar-refractivity contribution in [1.29, 1.82) is 0 Å². The van der Waals surface area contributed by atoms with Crippen LogP contribution in [-0.4, -0.2) is 26.9 Å². The largest absolute Gasteiger partial charge is 0.350 e. The van der Waals surface area contributed by atoms with E-state index in [4.69, 9.17) is 0 Å². The predicted octanol–water partition coefficient (Wildman–Crippen LogP) is 3.20. The fraction of sp³-hybridized carbons (Fsp3) is 0.316. The molecule has 0 saturated heterocycles. The monoisotopic (exact) mass is 322 g/mol. The minimum Gasteiger partial charge on any atom is -0.350 e. The van der Waals surface area contributed by atoms with E-state index in [2.05, 4.69) is 27.8 Å². The Labute approximate surface area is 141 Å². The van der Waals surface area contributed by atoms with Crippen LogP contribution in [0.4, 0.5) is 0 Å². The van der Waals surface area contributed by atoms with Gasteiger partial charge in [-0.25, -0.2) is 4.68 Å². The summed E-state index contributed by atoms with van der Waals surface area (Å²) in [6, 6.07) is 16.0. The normalized spacial score (nSPS) is 12.2. The van der Waals surface area contributed by atoms with Gasteiger partial charge in [0.1, 0.15) is 5.52 Å². The number of nitrogens with zero attached hydrogens (tertiary/aromatic N) is 3. The fourth-order valence-corrected chi connectivity index (χ4v) is 2.75. The molecular weight excluding hydrogens is 300 g/mol. The molecule has 1 amide bonds. The molecule has 0 saturated carbocycles. The average molecular weight is 322 g/mol. The van der Waals surface area contributed by atoms with Crippen LogP contribution in [0.3, 0.4) is 0 Å². The van der Waals surface area contributed by atoms with Gasteiger partial charge in [-0.3, -0.25) is 4.79 Å². The van der Waals surface area contributed by atoms with Crippen molar-refractivity contribution in [2.45, 2.75) is 39.3 Å². The van der Waals surface area contributed by atoms with Crippen LogP contribution in [0.25, 0.3) is 11.0 Å². The van der Waals surface area contributed by atoms with Crippen molar-refractivity contribution in [2.75, 3.05) is 0 Å². The number of carbonyl (C=O) groups excluding carboxylic acids is 1. The standard InChI is InChI=1S/C19H22N4O/c1-3-23-18-12-11-16(13-17(18)21-22-23)19(24)20-14(2)9-10-15-7-5-4-6-8-15/h4-8,11-14H,3,9-10H2,1-2H3,(H,20,24). The summed E-state index contributed by atoms with van der Waals surface area (Å²) in [6.07, 6.45) is 1.86. The van der Waals surface area contributed by atoms with Crippen LogP contribution in [0.1, 0.15) is 36.2 Å². The zero-order chi connectivity index (χ0) is 16.9. The molecule has 0 aliphatic heterocycles. The summed E-state index contributed by atoms with van der Waals surface area (Å²) in [6.45, 7) is 4.81. The van der Waals surface area contributed by atoms with Gasteiger partial charge in [-0.05, 0) is 50.5 Å². The number of hydrogen-bond donors (Lipinski definition) is 1. The van der Waals surface area contributed by atoms with E-state index in [1.807, 2.05) is 48.9 Å². The van der Waals surface area contributed by atoms with Gasteiger partial charge in [-0.2, -0.15) is 0 Å². The van der Waals surface area contributed by atoms with E-state index in [0.29, 0.717) is 5.56 Å². The third kappa shape index (κ3) is 3.62. The number of nitrogens with one attached hydrogen (secondary N) is 1. The topological polar surface area (TPSA) is 59.8 Å². The maximum absolute atomic E-state index is 12.4. The minimum atomic E-state index is -0.0662. The zero-order valence-electron chi connectivity index (χ0n) is 14.1. The summed E-state index contributed by atoms with van der Waals surface area (Å²) in [5.41, 5.74) is 3.61. The molecule has 0 bridgehead atoms. The first kappa shape index (κ1) is 16.2. The van der Waals surface area contributed by atoms with Gasteiger partial charge in [0.2, 0.25) is 0 Å². The van der Waals surface area contributed by atoms with Crippen molar-refractivity contribution < 1.29 is 4.79 Å². The molecule has 1 unspecified atom stereocenters. The molecule has 5 nitrogen and oxygen atoms in total. The lowest BCUT2D eigenvalue weighted by Gasteiger charge is -2.14. The van der Waals surface area contributed by atoms with Crippen LogP contribution >= 0.6 is 0 Å². The molecule has 1 atom stereocenters. The van der Waals surface area contributed by atoms with Gasteiger partial charge in [0.05, 0.1) is 5.52 Å². The number of hydrogen-bond acceptors (Lipinski definition) is 3. The van der Waals surface area contributed by atoms with Crippen molar-refractivity contribution in [1.82, 2.24) is 20.3 Å². The maximum Gasteiger partial charge on any atom is 0.251 e. The molecule has 3 aromatic rings. The Kier molecular flexibility index (Phi) is 4.89. The second-order valence-corrected chi connectivity index (χ2v) is 6.01. The molecule has 0 spiro atoms. The van der Waals surface area contributed by atoms with Gasteiger partial charge in [0, 0.05) is 18.2 Å². The van der Waals surface area contributed by atoms with Gasteiger partial charge in [-0.1, -0.05) is 35.5 Å². The van der Waals surface area contributed by atoms with E-state index >= 15 is 0 Å². The Hall–Kier alpha value is -2.69. The van der Waals surface area contributed by atoms with Crippen molar-refractivity contribution >= 4 is 16.9 Å². The van der Waals surface area contributed by atoms with Gasteiger partial charge in [0.25, 0.3) is 5.91 Å². The number of fused-ring (bicyclic) bond motifs is 1. The molecule has 1 aromatic heterocycles. The van der Waals surface area contributed by atoms with Crippen molar-refractivity contribution in [3.63, 3.8) is 0 Å². The Morgan fingerprint density at radius 1 is 1.21 bits per heavy atom. The number of benzene rings is 2. The first-order valence-corrected chi connectivity index (χ1v) is 8.35. The highest BCUT2D eigenvalue weighted by Gasteiger charge is 2.12. The summed E-state index contributed by atoms with van der Waals surface area (Å²) in [7, 11) is 0. The lowest BCUT2D eigenvalue weighted by atomic mass is 10.1. The molecule has 0 aliphatic carbocycles. The summed E-state index contributed by atoms with van der Waals surface area (Å²) >= 11 is 0. The molecule has 1 N–H and O–H groups in total. The van der Waals surface area contributed by atoms with Crippen LogP contribution < -0.4 is 5.32 Å². The summed E-state index contributed by atoms with van der Waals surface area (Å²) in [5, 5.41) is 11.3. The molecule has 0 aliphatic rings. The van der Waals surface area contributed by atoms with Crippen LogP contribution in [0.5, 0.6) is 0 Å². The smallest absolute Gasteiger partial charge is 0.251 e. The predicted molar refractivity (Wildman–Crippen MR) is 94.9 cm³/mol. The number of amides is 1. The first-order valence-electron chi connectivity index (χ1n) is 8.35. The van der Waals surface area contributed by atoms with Crippen LogP contribution in [0.2, 0.25) is 0 Å². The second kappa shape index (κ2) is 7.25. The Bertz CT molecular complexity index is 826. The maximum atomic E-state index is 12.4. The Morgan fingerprint density at radius 2 is 2.00 bits per heavy atom. The van der Waals surface area contributed by atoms with Gasteiger partial charge >= 0.3 is 0 Å². The lowest BCUT2D eigenvalue weighted by molar-refractivity contribution is 0.0938. The molecule has 124 valence electrons. The van der Waals surface area contributed by atoms with Gasteiger partial charge < -0.3 is 5.32 Å². The molecule has 2 aromatic carbocycles. The number of carbonyl (C=O) groups is 1. The lowest BCUT2D eigenvalue weighted by Crippen LogP contribution is -2.32. The highest BCUT2D eigenvalue weighted by Crippen LogP contribution is 2.14. The van der Waals surface area contributed by atoms with Crippen molar-refractivity contribution in [3.05, 3.63) is 59.7 Å². The molecule has 3 rings (SSSR count). The Balaban J connectivity index is 1.61. The van der Waals surface area contributed by atoms with E-state index in [-0.39, 0.29) is 11.9 Å². The highest BCUT2D eigenvalue weighted by atomic mass is 16.1. The van der Waals surface area contributed by atoms with E-state index < -0.39 is 0 Å². The SMILES string of the molecule is CCn1nnc2cc(C(=O)NC(C)CCc3ccccc3)ccc21. The van der Waals surface area contributed by atoms with E-state index in [9.17, 15) is 4.79 Å². The third-order valence-corrected chi connectivity index (χ3v) is 4.16. The molecule has 0 radical (unpaired) electrons. The van der Waals surface area contributed by atoms with Crippen LogP contribution in [0, 0.1) is 0 Å². The average Bonchev–Trinajstić information content (AvgIpc) is 3.03. The van der Waals surface area contributed by atoms with Gasteiger partial charge in [-0.15, -0.1) is 5.10 Å². The van der Waals surface area contributed by atoms with Crippen molar-refractivity contribution in [2.24, 2.45) is 0 Å². The van der Waals surface area contributed by atoms with Crippen molar-refractivity contribution in [3.8, 4) is 0 Å². The minimum absolute atomic E-state index is 0.0662. The second-order valence-electron chi connectivity index (χ2n) is 6.01. The summed E-state index contributed by atoms with van der Waals surface area (Å²) in [5.74, 6) is -0.0662. The molecular formula is C19H22N4O. The summed E-state index contributed by atoms with van der Waals surface area (Å²) < 4.78 is 1.82. The molecule has 5 heteroatoms.